The molecule has 0 unspecified atom stereocenters. The highest BCUT2D eigenvalue weighted by Gasteiger charge is 2.18. The summed E-state index contributed by atoms with van der Waals surface area (Å²) < 4.78 is 30.3. The van der Waals surface area contributed by atoms with Gasteiger partial charge >= 0.3 is 16.2 Å². The quantitative estimate of drug-likeness (QED) is 0.297. The summed E-state index contributed by atoms with van der Waals surface area (Å²) in [5, 5.41) is 21.0. The van der Waals surface area contributed by atoms with Gasteiger partial charge in [-0.25, -0.2) is 9.78 Å². The van der Waals surface area contributed by atoms with Crippen molar-refractivity contribution in [1.82, 2.24) is 9.97 Å². The summed E-state index contributed by atoms with van der Waals surface area (Å²) in [6.45, 7) is 0.810. The van der Waals surface area contributed by atoms with Gasteiger partial charge in [0.15, 0.2) is 0 Å². The molecule has 11 heteroatoms. The minimum Gasteiger partial charge on any atom is -0.465 e. The van der Waals surface area contributed by atoms with Gasteiger partial charge in [-0.2, -0.15) is 8.42 Å². The van der Waals surface area contributed by atoms with Crippen LogP contribution in [0, 0.1) is 0 Å². The molecule has 3 rings (SSSR count). The Morgan fingerprint density at radius 2 is 1.93 bits per heavy atom. The van der Waals surface area contributed by atoms with Crippen LogP contribution < -0.4 is 14.4 Å². The molecule has 1 heterocycles. The van der Waals surface area contributed by atoms with Crippen LogP contribution >= 0.6 is 0 Å². The molecule has 0 bridgehead atoms. The number of H-pyrrole nitrogens is 1. The Bertz CT molecular complexity index is 1130. The zero-order valence-corrected chi connectivity index (χ0v) is 17.0. The number of amides is 1. The number of aliphatic hydroxyl groups excluding tert-OH is 1. The van der Waals surface area contributed by atoms with Crippen LogP contribution in [0.15, 0.2) is 47.4 Å². The van der Waals surface area contributed by atoms with E-state index in [0.29, 0.717) is 24.0 Å². The Morgan fingerprint density at radius 1 is 1.20 bits per heavy atom. The minimum absolute atomic E-state index is 0.000541. The number of hydrogen-bond donors (Lipinski definition) is 4. The molecule has 0 saturated carbocycles. The number of aliphatic hydroxyl groups is 1. The summed E-state index contributed by atoms with van der Waals surface area (Å²) in [5.74, 6) is 0.182. The Hall–Kier alpha value is -3.31. The lowest BCUT2D eigenvalue weighted by Crippen LogP contribution is -2.24. The van der Waals surface area contributed by atoms with Gasteiger partial charge in [0.1, 0.15) is 10.6 Å². The number of nitrogens with zero attached hydrogens (tertiary/aromatic N) is 2. The molecule has 1 amide bonds. The highest BCUT2D eigenvalue weighted by atomic mass is 32.2. The molecule has 2 aromatic carbocycles. The molecule has 4 N–H and O–H groups in total. The fourth-order valence-corrected chi connectivity index (χ4v) is 3.58. The van der Waals surface area contributed by atoms with Crippen molar-refractivity contribution in [2.75, 3.05) is 30.4 Å². The first-order valence-corrected chi connectivity index (χ1v) is 10.6. The lowest BCUT2D eigenvalue weighted by molar-refractivity contribution is 0.203. The normalized spacial score (nSPS) is 11.4. The number of aromatic amines is 1. The standard InChI is InChI=1S/C19H22N4O6S/c1-23(19(25)26)18-21-16-9-6-14(12-17(16)22-18)29-30(27,28)15-7-4-13(5-8-15)20-10-2-3-11-24/h4-9,12,20,24H,2-3,10-11H2,1H3,(H,21,22)(H,25,26). The summed E-state index contributed by atoms with van der Waals surface area (Å²) in [4.78, 5) is 18.9. The molecule has 0 aliphatic rings. The fourth-order valence-electron chi connectivity index (χ4n) is 2.66. The number of benzene rings is 2. The Labute approximate surface area is 173 Å². The van der Waals surface area contributed by atoms with Crippen LogP contribution in [0.5, 0.6) is 5.75 Å². The first-order valence-electron chi connectivity index (χ1n) is 9.16. The molecule has 3 aromatic rings. The minimum atomic E-state index is -4.05. The first kappa shape index (κ1) is 21.4. The van der Waals surface area contributed by atoms with Gasteiger partial charge in [-0.05, 0) is 49.2 Å². The SMILES string of the molecule is CN(C(=O)O)c1nc2ccc(OS(=O)(=O)c3ccc(NCCCCO)cc3)cc2[nH]1. The number of unbranched alkanes of at least 4 members (excludes halogenated alkanes) is 1. The molecule has 0 radical (unpaired) electrons. The fraction of sp³-hybridized carbons (Fsp3) is 0.263. The number of nitrogens with one attached hydrogen (secondary N) is 2. The second kappa shape index (κ2) is 9.01. The maximum absolute atomic E-state index is 12.6. The average Bonchev–Trinajstić information content (AvgIpc) is 3.14. The Morgan fingerprint density at radius 3 is 2.60 bits per heavy atom. The molecule has 10 nitrogen and oxygen atoms in total. The molecule has 30 heavy (non-hydrogen) atoms. The molecule has 0 aliphatic carbocycles. The monoisotopic (exact) mass is 434 g/mol. The van der Waals surface area contributed by atoms with Crippen LogP contribution in [0.2, 0.25) is 0 Å². The van der Waals surface area contributed by atoms with Crippen LogP contribution in [-0.2, 0) is 10.1 Å². The molecular weight excluding hydrogens is 412 g/mol. The summed E-state index contributed by atoms with van der Waals surface area (Å²) in [6, 6.07) is 10.6. The smallest absolute Gasteiger partial charge is 0.413 e. The molecule has 0 saturated heterocycles. The first-order chi connectivity index (χ1) is 14.3. The van der Waals surface area contributed by atoms with Crippen molar-refractivity contribution in [3.05, 3.63) is 42.5 Å². The highest BCUT2D eigenvalue weighted by molar-refractivity contribution is 7.87. The van der Waals surface area contributed by atoms with Gasteiger partial charge in [0.2, 0.25) is 5.95 Å². The largest absolute Gasteiger partial charge is 0.465 e. The lowest BCUT2D eigenvalue weighted by Gasteiger charge is -2.09. The van der Waals surface area contributed by atoms with E-state index in [1.807, 2.05) is 0 Å². The van der Waals surface area contributed by atoms with Crippen molar-refractivity contribution in [1.29, 1.82) is 0 Å². The number of fused-ring (bicyclic) bond motifs is 1. The number of carboxylic acid groups (broad SMARTS) is 1. The molecule has 0 spiro atoms. The zero-order valence-electron chi connectivity index (χ0n) is 16.2. The van der Waals surface area contributed by atoms with Gasteiger partial charge in [-0.3, -0.25) is 4.90 Å². The number of aromatic nitrogens is 2. The Kier molecular flexibility index (Phi) is 6.43. The van der Waals surface area contributed by atoms with Crippen LogP contribution in [0.25, 0.3) is 11.0 Å². The van der Waals surface area contributed by atoms with Crippen LogP contribution in [-0.4, -0.2) is 54.9 Å². The van der Waals surface area contributed by atoms with E-state index in [1.165, 1.54) is 37.4 Å². The third-order valence-corrected chi connectivity index (χ3v) is 5.57. The van der Waals surface area contributed by atoms with Gasteiger partial charge < -0.3 is 24.7 Å². The summed E-state index contributed by atoms with van der Waals surface area (Å²) in [6.07, 6.45) is 0.321. The van der Waals surface area contributed by atoms with Gasteiger partial charge in [-0.15, -0.1) is 0 Å². The van der Waals surface area contributed by atoms with Gasteiger partial charge in [-0.1, -0.05) is 0 Å². The van der Waals surface area contributed by atoms with E-state index in [4.69, 9.17) is 14.4 Å². The van der Waals surface area contributed by atoms with Crippen molar-refractivity contribution >= 4 is 38.9 Å². The van der Waals surface area contributed by atoms with Crippen molar-refractivity contribution in [3.63, 3.8) is 0 Å². The van der Waals surface area contributed by atoms with Crippen molar-refractivity contribution in [2.45, 2.75) is 17.7 Å². The third-order valence-electron chi connectivity index (χ3n) is 4.31. The predicted molar refractivity (Wildman–Crippen MR) is 112 cm³/mol. The van der Waals surface area contributed by atoms with E-state index in [2.05, 4.69) is 15.3 Å². The van der Waals surface area contributed by atoms with E-state index < -0.39 is 16.2 Å². The molecule has 160 valence electrons. The zero-order chi connectivity index (χ0) is 21.7. The maximum Gasteiger partial charge on any atom is 0.413 e. The summed E-state index contributed by atoms with van der Waals surface area (Å²) in [7, 11) is -2.71. The topological polar surface area (TPSA) is 145 Å². The van der Waals surface area contributed by atoms with Crippen molar-refractivity contribution < 1.29 is 27.6 Å². The molecule has 0 fully saturated rings. The molecular formula is C19H22N4O6S. The predicted octanol–water partition coefficient (Wildman–Crippen LogP) is 2.63. The van der Waals surface area contributed by atoms with Gasteiger partial charge in [0.25, 0.3) is 0 Å². The average molecular weight is 434 g/mol. The van der Waals surface area contributed by atoms with Crippen LogP contribution in [0.3, 0.4) is 0 Å². The number of imidazole rings is 1. The van der Waals surface area contributed by atoms with E-state index >= 15 is 0 Å². The van der Waals surface area contributed by atoms with E-state index in [-0.39, 0.29) is 23.2 Å². The number of carbonyl (C=O) groups is 1. The van der Waals surface area contributed by atoms with E-state index in [0.717, 1.165) is 17.0 Å². The van der Waals surface area contributed by atoms with Gasteiger partial charge in [0, 0.05) is 32.0 Å². The number of anilines is 2. The summed E-state index contributed by atoms with van der Waals surface area (Å²) >= 11 is 0. The van der Waals surface area contributed by atoms with Crippen LogP contribution in [0.1, 0.15) is 12.8 Å². The number of hydrogen-bond acceptors (Lipinski definition) is 7. The lowest BCUT2D eigenvalue weighted by atomic mass is 10.3. The molecule has 0 atom stereocenters. The number of rotatable bonds is 9. The van der Waals surface area contributed by atoms with Crippen LogP contribution in [0.4, 0.5) is 16.4 Å². The summed E-state index contributed by atoms with van der Waals surface area (Å²) in [5.41, 5.74) is 1.67. The molecule has 1 aromatic heterocycles. The maximum atomic E-state index is 12.6. The van der Waals surface area contributed by atoms with Crippen molar-refractivity contribution in [3.8, 4) is 5.75 Å². The Balaban J connectivity index is 1.72. The van der Waals surface area contributed by atoms with E-state index in [9.17, 15) is 13.2 Å². The van der Waals surface area contributed by atoms with Crippen molar-refractivity contribution in [2.24, 2.45) is 0 Å². The highest BCUT2D eigenvalue weighted by Crippen LogP contribution is 2.25. The second-order valence-electron chi connectivity index (χ2n) is 6.50. The van der Waals surface area contributed by atoms with E-state index in [1.54, 1.807) is 12.1 Å². The third kappa shape index (κ3) is 4.99. The second-order valence-corrected chi connectivity index (χ2v) is 8.05. The molecule has 0 aliphatic heterocycles. The van der Waals surface area contributed by atoms with Gasteiger partial charge in [0.05, 0.1) is 11.0 Å².